The fourth-order valence-corrected chi connectivity index (χ4v) is 3.67. The highest BCUT2D eigenvalue weighted by Gasteiger charge is 2.32. The summed E-state index contributed by atoms with van der Waals surface area (Å²) in [6, 6.07) is 13.9. The molecule has 1 fully saturated rings. The second-order valence-corrected chi connectivity index (χ2v) is 8.79. The zero-order valence-electron chi connectivity index (χ0n) is 16.0. The Morgan fingerprint density at radius 2 is 1.34 bits per heavy atom. The molecule has 0 amide bonds. The lowest BCUT2D eigenvalue weighted by atomic mass is 10.0. The van der Waals surface area contributed by atoms with Gasteiger partial charge in [0.05, 0.1) is 17.2 Å². The van der Waals surface area contributed by atoms with Gasteiger partial charge in [0, 0.05) is 22.0 Å². The quantitative estimate of drug-likeness (QED) is 0.489. The van der Waals surface area contributed by atoms with E-state index in [1.165, 1.54) is 0 Å². The van der Waals surface area contributed by atoms with Crippen molar-refractivity contribution in [2.75, 3.05) is 6.61 Å². The maximum Gasteiger partial charge on any atom is 0.338 e. The van der Waals surface area contributed by atoms with Crippen LogP contribution in [-0.2, 0) is 14.2 Å². The predicted molar refractivity (Wildman–Crippen MR) is 116 cm³/mol. The predicted octanol–water partition coefficient (Wildman–Crippen LogP) is 5.55. The molecule has 0 bridgehead atoms. The normalized spacial score (nSPS) is 22.2. The average Bonchev–Trinajstić information content (AvgIpc) is 2.69. The van der Waals surface area contributed by atoms with E-state index in [1.807, 2.05) is 6.92 Å². The van der Waals surface area contributed by atoms with Gasteiger partial charge in [-0.05, 0) is 68.3 Å². The van der Waals surface area contributed by atoms with Crippen molar-refractivity contribution >= 4 is 43.8 Å². The topological polar surface area (TPSA) is 61.8 Å². The largest absolute Gasteiger partial charge is 0.455 e. The second-order valence-electron chi connectivity index (χ2n) is 6.96. The van der Waals surface area contributed by atoms with Crippen LogP contribution in [0.2, 0.25) is 0 Å². The molecule has 3 rings (SSSR count). The van der Waals surface area contributed by atoms with E-state index in [2.05, 4.69) is 31.9 Å². The van der Waals surface area contributed by atoms with E-state index in [-0.39, 0.29) is 6.10 Å². The lowest BCUT2D eigenvalue weighted by Crippen LogP contribution is -2.39. The van der Waals surface area contributed by atoms with Gasteiger partial charge in [-0.25, -0.2) is 9.59 Å². The second kappa shape index (κ2) is 10.4. The van der Waals surface area contributed by atoms with E-state index in [0.29, 0.717) is 30.6 Å². The Morgan fingerprint density at radius 1 is 0.862 bits per heavy atom. The third-order valence-electron chi connectivity index (χ3n) is 4.69. The fraction of sp³-hybridized carbons (Fsp3) is 0.364. The molecule has 7 heteroatoms. The molecular weight excluding hydrogens is 504 g/mol. The Labute approximate surface area is 187 Å². The molecule has 0 saturated carbocycles. The van der Waals surface area contributed by atoms with Gasteiger partial charge in [-0.3, -0.25) is 0 Å². The van der Waals surface area contributed by atoms with Crippen molar-refractivity contribution in [1.82, 2.24) is 0 Å². The molecule has 1 aliphatic heterocycles. The number of ether oxygens (including phenoxy) is 3. The van der Waals surface area contributed by atoms with Gasteiger partial charge in [-0.2, -0.15) is 0 Å². The standard InChI is InChI=1S/C22H22Br2O5/c1-14-13-20(29-22(26)16-6-10-18(24)11-7-16)19(3-2-12-27-14)28-21(25)15-4-8-17(23)9-5-15/h4-11,14,19-20H,2-3,12-13H2,1H3. The summed E-state index contributed by atoms with van der Waals surface area (Å²) in [6.07, 6.45) is 0.521. The number of carbonyl (C=O) groups excluding carboxylic acids is 2. The van der Waals surface area contributed by atoms with E-state index in [1.54, 1.807) is 48.5 Å². The summed E-state index contributed by atoms with van der Waals surface area (Å²) in [5.74, 6) is -0.874. The third kappa shape index (κ3) is 6.39. The van der Waals surface area contributed by atoms with Gasteiger partial charge in [0.15, 0.2) is 0 Å². The molecule has 0 aromatic heterocycles. The van der Waals surface area contributed by atoms with E-state index < -0.39 is 24.1 Å². The summed E-state index contributed by atoms with van der Waals surface area (Å²) in [7, 11) is 0. The molecule has 0 N–H and O–H groups in total. The minimum atomic E-state index is -0.583. The van der Waals surface area contributed by atoms with Gasteiger partial charge >= 0.3 is 11.9 Å². The highest BCUT2D eigenvalue weighted by atomic mass is 79.9. The Balaban J connectivity index is 1.75. The monoisotopic (exact) mass is 524 g/mol. The van der Waals surface area contributed by atoms with Crippen LogP contribution in [0.5, 0.6) is 0 Å². The molecule has 0 aliphatic carbocycles. The number of benzene rings is 2. The average molecular weight is 526 g/mol. The van der Waals surface area contributed by atoms with Gasteiger partial charge < -0.3 is 14.2 Å². The lowest BCUT2D eigenvalue weighted by Gasteiger charge is -2.31. The summed E-state index contributed by atoms with van der Waals surface area (Å²) in [5, 5.41) is 0. The van der Waals surface area contributed by atoms with Crippen molar-refractivity contribution in [3.63, 3.8) is 0 Å². The van der Waals surface area contributed by atoms with Crippen molar-refractivity contribution < 1.29 is 23.8 Å². The number of carbonyl (C=O) groups is 2. The highest BCUT2D eigenvalue weighted by molar-refractivity contribution is 9.10. The molecule has 5 nitrogen and oxygen atoms in total. The van der Waals surface area contributed by atoms with E-state index in [0.717, 1.165) is 15.4 Å². The molecule has 1 heterocycles. The third-order valence-corrected chi connectivity index (χ3v) is 5.75. The van der Waals surface area contributed by atoms with E-state index in [4.69, 9.17) is 14.2 Å². The zero-order chi connectivity index (χ0) is 20.8. The molecule has 2 aromatic rings. The number of rotatable bonds is 4. The van der Waals surface area contributed by atoms with Gasteiger partial charge in [0.25, 0.3) is 0 Å². The summed E-state index contributed by atoms with van der Waals surface area (Å²) >= 11 is 6.71. The smallest absolute Gasteiger partial charge is 0.338 e. The molecule has 3 unspecified atom stereocenters. The van der Waals surface area contributed by atoms with Crippen LogP contribution in [0.15, 0.2) is 57.5 Å². The van der Waals surface area contributed by atoms with Gasteiger partial charge in [-0.1, -0.05) is 31.9 Å². The fourth-order valence-electron chi connectivity index (χ4n) is 3.14. The maximum atomic E-state index is 12.6. The summed E-state index contributed by atoms with van der Waals surface area (Å²) in [4.78, 5) is 25.3. The first-order valence-corrected chi connectivity index (χ1v) is 11.1. The number of hydrogen-bond acceptors (Lipinski definition) is 5. The van der Waals surface area contributed by atoms with Crippen LogP contribution in [0.3, 0.4) is 0 Å². The molecule has 0 radical (unpaired) electrons. The molecule has 3 atom stereocenters. The summed E-state index contributed by atoms with van der Waals surface area (Å²) < 4.78 is 19.0. The van der Waals surface area contributed by atoms with Crippen molar-refractivity contribution in [2.45, 2.75) is 44.5 Å². The number of halogens is 2. The highest BCUT2D eigenvalue weighted by Crippen LogP contribution is 2.24. The first kappa shape index (κ1) is 22.0. The minimum Gasteiger partial charge on any atom is -0.455 e. The van der Waals surface area contributed by atoms with Crippen molar-refractivity contribution in [3.8, 4) is 0 Å². The van der Waals surface area contributed by atoms with Gasteiger partial charge in [-0.15, -0.1) is 0 Å². The molecule has 29 heavy (non-hydrogen) atoms. The molecule has 1 aliphatic rings. The summed E-state index contributed by atoms with van der Waals surface area (Å²) in [5.41, 5.74) is 0.902. The Bertz CT molecular complexity index is 835. The Kier molecular flexibility index (Phi) is 7.86. The van der Waals surface area contributed by atoms with Gasteiger partial charge in [0.2, 0.25) is 0 Å². The summed E-state index contributed by atoms with van der Waals surface area (Å²) in [6.45, 7) is 2.51. The SMILES string of the molecule is CC1CC(OC(=O)c2ccc(Br)cc2)C(OC(=O)c2ccc(Br)cc2)CCCO1. The van der Waals surface area contributed by atoms with Crippen molar-refractivity contribution in [1.29, 1.82) is 0 Å². The van der Waals surface area contributed by atoms with Crippen LogP contribution in [0, 0.1) is 0 Å². The van der Waals surface area contributed by atoms with Crippen LogP contribution < -0.4 is 0 Å². The van der Waals surface area contributed by atoms with Crippen LogP contribution in [0.4, 0.5) is 0 Å². The van der Waals surface area contributed by atoms with E-state index >= 15 is 0 Å². The Hall–Kier alpha value is -1.70. The lowest BCUT2D eigenvalue weighted by molar-refractivity contribution is -0.0746. The van der Waals surface area contributed by atoms with Crippen LogP contribution in [-0.4, -0.2) is 36.9 Å². The maximum absolute atomic E-state index is 12.6. The van der Waals surface area contributed by atoms with Crippen LogP contribution in [0.25, 0.3) is 0 Å². The molecule has 0 spiro atoms. The van der Waals surface area contributed by atoms with Crippen molar-refractivity contribution in [3.05, 3.63) is 68.6 Å². The first-order valence-electron chi connectivity index (χ1n) is 9.47. The van der Waals surface area contributed by atoms with Crippen molar-refractivity contribution in [2.24, 2.45) is 0 Å². The van der Waals surface area contributed by atoms with Gasteiger partial charge in [0.1, 0.15) is 12.2 Å². The zero-order valence-corrected chi connectivity index (χ0v) is 19.1. The minimum absolute atomic E-state index is 0.105. The van der Waals surface area contributed by atoms with Crippen LogP contribution in [0.1, 0.15) is 46.9 Å². The number of hydrogen-bond donors (Lipinski definition) is 0. The molecule has 1 saturated heterocycles. The van der Waals surface area contributed by atoms with Crippen LogP contribution >= 0.6 is 31.9 Å². The van der Waals surface area contributed by atoms with E-state index in [9.17, 15) is 9.59 Å². The molecular formula is C22H22Br2O5. The number of esters is 2. The molecule has 2 aromatic carbocycles. The Morgan fingerprint density at radius 3 is 1.86 bits per heavy atom. The first-order chi connectivity index (χ1) is 13.9. The molecule has 154 valence electrons.